The number of carbonyl (C=O) groups is 5. The molecule has 11 heteroatoms. The van der Waals surface area contributed by atoms with E-state index in [4.69, 9.17) is 5.73 Å². The van der Waals surface area contributed by atoms with E-state index in [1.807, 2.05) is 11.9 Å². The van der Waals surface area contributed by atoms with Gasteiger partial charge < -0.3 is 15.9 Å². The van der Waals surface area contributed by atoms with Crippen LogP contribution in [0.4, 0.5) is 4.39 Å². The zero-order valence-corrected chi connectivity index (χ0v) is 22.4. The van der Waals surface area contributed by atoms with Gasteiger partial charge in [-0.15, -0.1) is 0 Å². The van der Waals surface area contributed by atoms with Crippen molar-refractivity contribution in [2.45, 2.75) is 56.8 Å². The van der Waals surface area contributed by atoms with E-state index < -0.39 is 75.9 Å². The Kier molecular flexibility index (Phi) is 6.55. The first-order chi connectivity index (χ1) is 18.2. The molecule has 0 spiro atoms. The smallest absolute Gasteiger partial charge is 0.235 e. The molecule has 2 unspecified atom stereocenters. The van der Waals surface area contributed by atoms with Crippen molar-refractivity contribution < 1.29 is 38.6 Å². The molecule has 0 heterocycles. The molecule has 0 aliphatic heterocycles. The third kappa shape index (κ3) is 3.96. The van der Waals surface area contributed by atoms with E-state index in [1.165, 1.54) is 25.1 Å². The van der Waals surface area contributed by atoms with Crippen molar-refractivity contribution in [1.29, 1.82) is 0 Å². The second kappa shape index (κ2) is 9.28. The number of nitrogens with zero attached hydrogens (tertiary/aromatic N) is 2. The van der Waals surface area contributed by atoms with E-state index in [9.17, 15) is 34.2 Å². The zero-order valence-electron chi connectivity index (χ0n) is 22.4. The number of primary amides is 1. The minimum atomic E-state index is -2.80. The lowest BCUT2D eigenvalue weighted by Gasteiger charge is -2.52. The third-order valence-electron chi connectivity index (χ3n) is 9.49. The molecule has 0 saturated heterocycles. The molecule has 1 aromatic carbocycles. The molecule has 0 radical (unpaired) electrons. The number of rotatable bonds is 6. The Hall–Kier alpha value is -3.02. The van der Waals surface area contributed by atoms with Crippen molar-refractivity contribution >= 4 is 29.0 Å². The van der Waals surface area contributed by atoms with Gasteiger partial charge in [-0.2, -0.15) is 0 Å². The summed E-state index contributed by atoms with van der Waals surface area (Å²) in [6.45, 7) is 2.28. The number of fused-ring (bicyclic) bond motifs is 3. The first kappa shape index (κ1) is 27.5. The summed E-state index contributed by atoms with van der Waals surface area (Å²) >= 11 is 0. The number of hydrogen-bond acceptors (Lipinski definition) is 9. The fourth-order valence-corrected chi connectivity index (χ4v) is 7.17. The van der Waals surface area contributed by atoms with Gasteiger partial charge in [-0.25, -0.2) is 4.39 Å². The van der Waals surface area contributed by atoms with Gasteiger partial charge in [0.25, 0.3) is 0 Å². The van der Waals surface area contributed by atoms with Crippen LogP contribution in [-0.2, 0) is 32.1 Å². The van der Waals surface area contributed by atoms with Crippen LogP contribution < -0.4 is 5.73 Å². The molecule has 5 rings (SSSR count). The van der Waals surface area contributed by atoms with E-state index in [2.05, 4.69) is 6.92 Å². The highest BCUT2D eigenvalue weighted by molar-refractivity contribution is 6.32. The SMILES string of the molecule is C[C@H](C1CC1)N(C)Cc1cc(O)c2c(c1F)C[C@H]1C[C@H]3[C@H](N(C)C)C(=O)C(C(N)=O)C(=O)[C@@]3(O)C(=O)C1C2=O. The maximum Gasteiger partial charge on any atom is 0.235 e. The molecule has 210 valence electrons. The Morgan fingerprint density at radius 2 is 1.82 bits per heavy atom. The van der Waals surface area contributed by atoms with Crippen LogP contribution >= 0.6 is 0 Å². The summed E-state index contributed by atoms with van der Waals surface area (Å²) < 4.78 is 15.9. The van der Waals surface area contributed by atoms with Gasteiger partial charge in [0.05, 0.1) is 17.5 Å². The summed E-state index contributed by atoms with van der Waals surface area (Å²) in [5.41, 5.74) is 2.40. The monoisotopic (exact) mass is 543 g/mol. The second-order valence-electron chi connectivity index (χ2n) is 12.0. The highest BCUT2D eigenvalue weighted by Gasteiger charge is 2.69. The maximum absolute atomic E-state index is 15.9. The van der Waals surface area contributed by atoms with Crippen LogP contribution in [0.5, 0.6) is 5.75 Å². The van der Waals surface area contributed by atoms with Gasteiger partial charge in [0, 0.05) is 29.6 Å². The molecule has 1 amide bonds. The highest BCUT2D eigenvalue weighted by Crippen LogP contribution is 2.51. The standard InChI is InChI=1S/C28H34FN3O7/c1-11(12-5-6-12)32(4)10-14-9-17(33)19-15(21(14)29)7-13-8-16-22(31(2)3)24(35)20(27(30)38)26(37)28(16,39)25(36)18(13)23(19)34/h9,11-13,16,18,20,22,33,39H,5-8,10H2,1-4H3,(H2,30,38)/t11-,13+,16+,18?,20?,22+,28+/m1/s1. The lowest BCUT2D eigenvalue weighted by Crippen LogP contribution is -2.74. The number of phenolic OH excluding ortho intramolecular Hbond substituents is 1. The van der Waals surface area contributed by atoms with Crippen molar-refractivity contribution in [2.24, 2.45) is 35.3 Å². The Bertz CT molecular complexity index is 1310. The summed E-state index contributed by atoms with van der Waals surface area (Å²) in [6.07, 6.45) is 2.01. The second-order valence-corrected chi connectivity index (χ2v) is 12.0. The van der Waals surface area contributed by atoms with Gasteiger partial charge in [0.2, 0.25) is 5.91 Å². The molecule has 4 aliphatic rings. The summed E-state index contributed by atoms with van der Waals surface area (Å²) in [6, 6.07) is 0.215. The van der Waals surface area contributed by atoms with Crippen LogP contribution in [0.1, 0.15) is 47.7 Å². The topological polar surface area (TPSA) is 158 Å². The Morgan fingerprint density at radius 1 is 1.18 bits per heavy atom. The number of Topliss-reactive ketones (excluding diaryl/α,β-unsaturated/α-hetero) is 4. The number of carbonyl (C=O) groups excluding carboxylic acids is 5. The number of aliphatic hydroxyl groups is 1. The largest absolute Gasteiger partial charge is 0.507 e. The summed E-state index contributed by atoms with van der Waals surface area (Å²) in [5, 5.41) is 22.4. The molecule has 1 aromatic rings. The van der Waals surface area contributed by atoms with E-state index in [0.29, 0.717) is 5.92 Å². The number of halogens is 1. The molecule has 10 nitrogen and oxygen atoms in total. The minimum absolute atomic E-state index is 0.00755. The number of hydrogen-bond donors (Lipinski definition) is 3. The third-order valence-corrected chi connectivity index (χ3v) is 9.49. The van der Waals surface area contributed by atoms with Gasteiger partial charge >= 0.3 is 0 Å². The van der Waals surface area contributed by atoms with Crippen LogP contribution in [0.3, 0.4) is 0 Å². The minimum Gasteiger partial charge on any atom is -0.507 e. The predicted octanol–water partition coefficient (Wildman–Crippen LogP) is 0.236. The molecular formula is C28H34FN3O7. The molecule has 39 heavy (non-hydrogen) atoms. The molecule has 7 atom stereocenters. The van der Waals surface area contributed by atoms with E-state index in [1.54, 1.807) is 0 Å². The Morgan fingerprint density at radius 3 is 2.38 bits per heavy atom. The van der Waals surface area contributed by atoms with E-state index in [-0.39, 0.29) is 42.1 Å². The van der Waals surface area contributed by atoms with Crippen molar-refractivity contribution in [3.63, 3.8) is 0 Å². The number of phenols is 1. The van der Waals surface area contributed by atoms with Crippen LogP contribution in [-0.4, -0.2) is 87.9 Å². The number of aromatic hydroxyl groups is 1. The van der Waals surface area contributed by atoms with Gasteiger partial charge in [-0.3, -0.25) is 33.8 Å². The van der Waals surface area contributed by atoms with Gasteiger partial charge in [0.1, 0.15) is 11.6 Å². The molecule has 0 bridgehead atoms. The average Bonchev–Trinajstić information content (AvgIpc) is 3.69. The average molecular weight is 544 g/mol. The van der Waals surface area contributed by atoms with Crippen molar-refractivity contribution in [3.05, 3.63) is 28.6 Å². The van der Waals surface area contributed by atoms with Crippen molar-refractivity contribution in [3.8, 4) is 5.75 Å². The first-order valence-corrected chi connectivity index (χ1v) is 13.3. The molecule has 0 aromatic heterocycles. The Labute approximate surface area is 225 Å². The predicted molar refractivity (Wildman–Crippen MR) is 135 cm³/mol. The number of amides is 1. The van der Waals surface area contributed by atoms with Crippen LogP contribution in [0.2, 0.25) is 0 Å². The molecule has 4 N–H and O–H groups in total. The fourth-order valence-electron chi connectivity index (χ4n) is 7.17. The zero-order chi connectivity index (χ0) is 28.7. The number of benzene rings is 1. The summed E-state index contributed by atoms with van der Waals surface area (Å²) in [7, 11) is 4.90. The van der Waals surface area contributed by atoms with E-state index >= 15 is 4.39 Å². The highest BCUT2D eigenvalue weighted by atomic mass is 19.1. The number of ketones is 4. The van der Waals surface area contributed by atoms with Gasteiger partial charge in [0.15, 0.2) is 34.7 Å². The Balaban J connectivity index is 1.55. The molecule has 3 fully saturated rings. The van der Waals surface area contributed by atoms with Crippen LogP contribution in [0.15, 0.2) is 6.07 Å². The summed E-state index contributed by atoms with van der Waals surface area (Å²) in [4.78, 5) is 69.3. The number of likely N-dealkylation sites (N-methyl/N-ethyl adjacent to an activating group) is 1. The maximum atomic E-state index is 15.9. The first-order valence-electron chi connectivity index (χ1n) is 13.3. The van der Waals surface area contributed by atoms with Gasteiger partial charge in [-0.05, 0) is 71.7 Å². The normalized spacial score (nSPS) is 33.2. The lowest BCUT2D eigenvalue weighted by molar-refractivity contribution is -0.181. The van der Waals surface area contributed by atoms with Crippen molar-refractivity contribution in [2.75, 3.05) is 21.1 Å². The van der Waals surface area contributed by atoms with Crippen molar-refractivity contribution in [1.82, 2.24) is 9.80 Å². The lowest BCUT2D eigenvalue weighted by atomic mass is 9.52. The van der Waals surface area contributed by atoms with Gasteiger partial charge in [-0.1, -0.05) is 0 Å². The molecule has 3 saturated carbocycles. The fraction of sp³-hybridized carbons (Fsp3) is 0.607. The van der Waals surface area contributed by atoms with E-state index in [0.717, 1.165) is 12.8 Å². The van der Waals surface area contributed by atoms with Crippen LogP contribution in [0.25, 0.3) is 0 Å². The van der Waals surface area contributed by atoms with Crippen LogP contribution in [0, 0.1) is 35.4 Å². The quantitative estimate of drug-likeness (QED) is 0.427. The molecular weight excluding hydrogens is 509 g/mol. The summed E-state index contributed by atoms with van der Waals surface area (Å²) in [5.74, 6) is -11.7. The number of nitrogens with two attached hydrogens (primary N) is 1. The molecule has 4 aliphatic carbocycles.